The van der Waals surface area contributed by atoms with Crippen molar-refractivity contribution in [1.82, 2.24) is 10.6 Å². The molecule has 1 aromatic carbocycles. The van der Waals surface area contributed by atoms with Crippen LogP contribution in [0.3, 0.4) is 0 Å². The molecule has 1 aromatic rings. The molecule has 2 N–H and O–H groups in total. The van der Waals surface area contributed by atoms with Gasteiger partial charge in [-0.2, -0.15) is 0 Å². The van der Waals surface area contributed by atoms with Gasteiger partial charge < -0.3 is 24.8 Å². The van der Waals surface area contributed by atoms with E-state index in [2.05, 4.69) is 10.6 Å². The van der Waals surface area contributed by atoms with Crippen LogP contribution in [-0.4, -0.2) is 32.2 Å². The van der Waals surface area contributed by atoms with Crippen molar-refractivity contribution < 1.29 is 14.2 Å². The summed E-state index contributed by atoms with van der Waals surface area (Å²) < 4.78 is 15.6. The van der Waals surface area contributed by atoms with E-state index in [1.165, 1.54) is 0 Å². The quantitative estimate of drug-likeness (QED) is 0.632. The normalized spacial score (nSPS) is 14.0. The van der Waals surface area contributed by atoms with Gasteiger partial charge in [0.25, 0.3) is 0 Å². The maximum Gasteiger partial charge on any atom is 0.231 e. The second-order valence-electron chi connectivity index (χ2n) is 4.23. The maximum absolute atomic E-state index is 5.36. The molecule has 1 aliphatic heterocycles. The average Bonchev–Trinajstić information content (AvgIpc) is 2.86. The first-order valence-electron chi connectivity index (χ1n) is 6.13. The highest BCUT2D eigenvalue weighted by Crippen LogP contribution is 2.34. The number of benzene rings is 1. The summed E-state index contributed by atoms with van der Waals surface area (Å²) in [6.07, 6.45) is 0. The summed E-state index contributed by atoms with van der Waals surface area (Å²) in [6, 6.07) is 5.98. The molecule has 1 aliphatic rings. The van der Waals surface area contributed by atoms with Gasteiger partial charge in [0.2, 0.25) is 6.79 Å². The molecule has 104 valence electrons. The molecule has 6 heteroatoms. The van der Waals surface area contributed by atoms with E-state index in [1.54, 1.807) is 7.11 Å². The standard InChI is InChI=1S/C13H18N2O3S/c1-9(15-13(19)14-5-6-16-2)10-3-4-11-12(7-10)18-8-17-11/h3-4,7,9H,5-6,8H2,1-2H3,(H2,14,15,19). The molecule has 0 aromatic heterocycles. The summed E-state index contributed by atoms with van der Waals surface area (Å²) in [4.78, 5) is 0. The van der Waals surface area contributed by atoms with Gasteiger partial charge in [0.15, 0.2) is 16.6 Å². The Morgan fingerprint density at radius 3 is 3.00 bits per heavy atom. The maximum atomic E-state index is 5.36. The van der Waals surface area contributed by atoms with Crippen LogP contribution in [0.5, 0.6) is 11.5 Å². The SMILES string of the molecule is COCCNC(=S)NC(C)c1ccc2c(c1)OCO2. The lowest BCUT2D eigenvalue weighted by atomic mass is 10.1. The van der Waals surface area contributed by atoms with Crippen LogP contribution in [0.15, 0.2) is 18.2 Å². The van der Waals surface area contributed by atoms with Gasteiger partial charge in [0, 0.05) is 13.7 Å². The smallest absolute Gasteiger partial charge is 0.231 e. The second-order valence-corrected chi connectivity index (χ2v) is 4.64. The Kier molecular flexibility index (Phi) is 4.81. The first-order valence-corrected chi connectivity index (χ1v) is 6.54. The van der Waals surface area contributed by atoms with Crippen LogP contribution >= 0.6 is 12.2 Å². The van der Waals surface area contributed by atoms with Crippen LogP contribution in [0.25, 0.3) is 0 Å². The Labute approximate surface area is 118 Å². The number of hydrogen-bond acceptors (Lipinski definition) is 4. The predicted octanol–water partition coefficient (Wildman–Crippen LogP) is 1.59. The molecule has 0 saturated carbocycles. The molecule has 5 nitrogen and oxygen atoms in total. The van der Waals surface area contributed by atoms with Gasteiger partial charge >= 0.3 is 0 Å². The molecule has 0 fully saturated rings. The molecule has 0 saturated heterocycles. The van der Waals surface area contributed by atoms with Gasteiger partial charge in [-0.3, -0.25) is 0 Å². The number of hydrogen-bond donors (Lipinski definition) is 2. The first kappa shape index (κ1) is 13.9. The number of nitrogens with one attached hydrogen (secondary N) is 2. The van der Waals surface area contributed by atoms with Crippen LogP contribution in [0, 0.1) is 0 Å². The van der Waals surface area contributed by atoms with E-state index in [0.717, 1.165) is 17.1 Å². The lowest BCUT2D eigenvalue weighted by Gasteiger charge is -2.17. The van der Waals surface area contributed by atoms with Crippen LogP contribution in [-0.2, 0) is 4.74 Å². The molecule has 1 atom stereocenters. The van der Waals surface area contributed by atoms with E-state index >= 15 is 0 Å². The number of fused-ring (bicyclic) bond motifs is 1. The fraction of sp³-hybridized carbons (Fsp3) is 0.462. The molecule has 0 aliphatic carbocycles. The number of thiocarbonyl (C=S) groups is 1. The van der Waals surface area contributed by atoms with Gasteiger partial charge in [0.1, 0.15) is 0 Å². The van der Waals surface area contributed by atoms with E-state index in [0.29, 0.717) is 18.3 Å². The van der Waals surface area contributed by atoms with E-state index < -0.39 is 0 Å². The average molecular weight is 282 g/mol. The molecule has 0 amide bonds. The second kappa shape index (κ2) is 6.58. The van der Waals surface area contributed by atoms with E-state index in [9.17, 15) is 0 Å². The van der Waals surface area contributed by atoms with Crippen molar-refractivity contribution in [3.05, 3.63) is 23.8 Å². The lowest BCUT2D eigenvalue weighted by molar-refractivity contribution is 0.174. The fourth-order valence-electron chi connectivity index (χ4n) is 1.78. The van der Waals surface area contributed by atoms with Gasteiger partial charge in [-0.1, -0.05) is 6.07 Å². The van der Waals surface area contributed by atoms with Gasteiger partial charge in [-0.25, -0.2) is 0 Å². The van der Waals surface area contributed by atoms with Crippen molar-refractivity contribution in [2.24, 2.45) is 0 Å². The third-order valence-electron chi connectivity index (χ3n) is 2.84. The van der Waals surface area contributed by atoms with E-state index in [4.69, 9.17) is 26.4 Å². The van der Waals surface area contributed by atoms with Crippen LogP contribution in [0.4, 0.5) is 0 Å². The number of methoxy groups -OCH3 is 1. The van der Waals surface area contributed by atoms with Crippen molar-refractivity contribution in [2.45, 2.75) is 13.0 Å². The summed E-state index contributed by atoms with van der Waals surface area (Å²) in [5.74, 6) is 1.57. The Morgan fingerprint density at radius 2 is 2.21 bits per heavy atom. The minimum atomic E-state index is 0.0945. The molecule has 0 spiro atoms. The molecule has 0 bridgehead atoms. The summed E-state index contributed by atoms with van der Waals surface area (Å²) in [7, 11) is 1.66. The summed E-state index contributed by atoms with van der Waals surface area (Å²) in [5, 5.41) is 6.90. The minimum absolute atomic E-state index is 0.0945. The van der Waals surface area contributed by atoms with Gasteiger partial charge in [-0.15, -0.1) is 0 Å². The minimum Gasteiger partial charge on any atom is -0.454 e. The van der Waals surface area contributed by atoms with Crippen LogP contribution in [0.1, 0.15) is 18.5 Å². The zero-order valence-corrected chi connectivity index (χ0v) is 11.9. The highest BCUT2D eigenvalue weighted by molar-refractivity contribution is 7.80. The molecular formula is C13H18N2O3S. The lowest BCUT2D eigenvalue weighted by Crippen LogP contribution is -2.38. The summed E-state index contributed by atoms with van der Waals surface area (Å²) in [5.41, 5.74) is 1.10. The largest absolute Gasteiger partial charge is 0.454 e. The van der Waals surface area contributed by atoms with Crippen molar-refractivity contribution in [2.75, 3.05) is 27.1 Å². The monoisotopic (exact) mass is 282 g/mol. The zero-order valence-electron chi connectivity index (χ0n) is 11.1. The van der Waals surface area contributed by atoms with Crippen LogP contribution in [0.2, 0.25) is 0 Å². The Bertz CT molecular complexity index is 454. The highest BCUT2D eigenvalue weighted by atomic mass is 32.1. The predicted molar refractivity (Wildman–Crippen MR) is 76.6 cm³/mol. The van der Waals surface area contributed by atoms with Crippen molar-refractivity contribution in [3.8, 4) is 11.5 Å². The van der Waals surface area contributed by atoms with Gasteiger partial charge in [0.05, 0.1) is 12.6 Å². The molecular weight excluding hydrogens is 264 g/mol. The Morgan fingerprint density at radius 1 is 1.42 bits per heavy atom. The number of ether oxygens (including phenoxy) is 3. The zero-order chi connectivity index (χ0) is 13.7. The summed E-state index contributed by atoms with van der Waals surface area (Å²) >= 11 is 5.21. The van der Waals surface area contributed by atoms with E-state index in [-0.39, 0.29) is 12.8 Å². The van der Waals surface area contributed by atoms with Crippen LogP contribution < -0.4 is 20.1 Å². The molecule has 0 radical (unpaired) electrons. The fourth-order valence-corrected chi connectivity index (χ4v) is 2.06. The molecule has 2 rings (SSSR count). The Hall–Kier alpha value is -1.53. The topological polar surface area (TPSA) is 51.8 Å². The molecule has 1 heterocycles. The van der Waals surface area contributed by atoms with Gasteiger partial charge in [-0.05, 0) is 36.8 Å². The molecule has 1 unspecified atom stereocenters. The third-order valence-corrected chi connectivity index (χ3v) is 3.10. The third kappa shape index (κ3) is 3.71. The highest BCUT2D eigenvalue weighted by Gasteiger charge is 2.15. The molecule has 19 heavy (non-hydrogen) atoms. The number of rotatable bonds is 5. The Balaban J connectivity index is 1.89. The van der Waals surface area contributed by atoms with Crippen molar-refractivity contribution in [3.63, 3.8) is 0 Å². The van der Waals surface area contributed by atoms with E-state index in [1.807, 2.05) is 25.1 Å². The summed E-state index contributed by atoms with van der Waals surface area (Å²) in [6.45, 7) is 3.65. The van der Waals surface area contributed by atoms with Crippen molar-refractivity contribution >= 4 is 17.3 Å². The van der Waals surface area contributed by atoms with Crippen molar-refractivity contribution in [1.29, 1.82) is 0 Å². The first-order chi connectivity index (χ1) is 9.20.